The number of thioether (sulfide) groups is 1. The summed E-state index contributed by atoms with van der Waals surface area (Å²) >= 11 is 1.43. The van der Waals surface area contributed by atoms with E-state index >= 15 is 0 Å². The number of aryl methyl sites for hydroxylation is 2. The lowest BCUT2D eigenvalue weighted by Crippen LogP contribution is -2.41. The molecule has 2 heterocycles. The number of amides is 1. The van der Waals surface area contributed by atoms with E-state index in [1.807, 2.05) is 60.1 Å². The molecule has 1 aromatic heterocycles. The van der Waals surface area contributed by atoms with Crippen molar-refractivity contribution in [2.24, 2.45) is 0 Å². The van der Waals surface area contributed by atoms with Crippen molar-refractivity contribution in [3.05, 3.63) is 65.5 Å². The minimum atomic E-state index is -0.412. The fourth-order valence-electron chi connectivity index (χ4n) is 3.54. The number of rotatable bonds is 6. The number of methoxy groups -OCH3 is 1. The molecule has 1 aliphatic rings. The molecule has 4 rings (SSSR count). The topological polar surface area (TPSA) is 81.1 Å². The molecule has 1 aliphatic heterocycles. The van der Waals surface area contributed by atoms with Crippen LogP contribution >= 0.6 is 11.8 Å². The smallest absolute Gasteiger partial charge is 0.240 e. The van der Waals surface area contributed by atoms with E-state index in [1.54, 1.807) is 7.11 Å². The van der Waals surface area contributed by atoms with Gasteiger partial charge in [0.25, 0.3) is 0 Å². The first-order valence-corrected chi connectivity index (χ1v) is 10.9. The molecule has 30 heavy (non-hydrogen) atoms. The molecule has 0 bridgehead atoms. The van der Waals surface area contributed by atoms with Gasteiger partial charge in [-0.1, -0.05) is 55.9 Å². The minimum absolute atomic E-state index is 0.0680. The maximum Gasteiger partial charge on any atom is 0.240 e. The molecular formula is C22H25N5O2S. The van der Waals surface area contributed by atoms with Gasteiger partial charge in [0.1, 0.15) is 11.0 Å². The monoisotopic (exact) mass is 423 g/mol. The van der Waals surface area contributed by atoms with E-state index in [-0.39, 0.29) is 11.9 Å². The van der Waals surface area contributed by atoms with Crippen molar-refractivity contribution in [3.63, 3.8) is 0 Å². The van der Waals surface area contributed by atoms with Crippen LogP contribution in [0.2, 0.25) is 0 Å². The normalized spacial score (nSPS) is 17.7. The summed E-state index contributed by atoms with van der Waals surface area (Å²) < 4.78 is 7.18. The van der Waals surface area contributed by atoms with E-state index in [4.69, 9.17) is 4.74 Å². The highest BCUT2D eigenvalue weighted by molar-refractivity contribution is 8.00. The summed E-state index contributed by atoms with van der Waals surface area (Å²) in [5, 5.41) is 11.9. The lowest BCUT2D eigenvalue weighted by molar-refractivity contribution is -0.116. The van der Waals surface area contributed by atoms with E-state index in [9.17, 15) is 4.79 Å². The number of fused-ring (bicyclic) bond motifs is 1. The van der Waals surface area contributed by atoms with Gasteiger partial charge in [0.15, 0.2) is 5.82 Å². The quantitative estimate of drug-likeness (QED) is 0.628. The van der Waals surface area contributed by atoms with Crippen molar-refractivity contribution in [1.82, 2.24) is 14.9 Å². The number of carbonyl (C=O) groups is 1. The van der Waals surface area contributed by atoms with Crippen molar-refractivity contribution in [2.75, 3.05) is 17.9 Å². The fraction of sp³-hybridized carbons (Fsp3) is 0.318. The van der Waals surface area contributed by atoms with Gasteiger partial charge in [-0.25, -0.2) is 4.68 Å². The van der Waals surface area contributed by atoms with Crippen LogP contribution in [0.25, 0.3) is 0 Å². The summed E-state index contributed by atoms with van der Waals surface area (Å²) in [7, 11) is 1.64. The number of aromatic nitrogens is 3. The molecule has 0 saturated carbocycles. The molecule has 0 radical (unpaired) electrons. The molecule has 2 aromatic carbocycles. The van der Waals surface area contributed by atoms with Crippen LogP contribution < -0.4 is 15.5 Å². The molecule has 0 saturated heterocycles. The number of benzene rings is 2. The number of hydrogen-bond acceptors (Lipinski definition) is 6. The van der Waals surface area contributed by atoms with Gasteiger partial charge >= 0.3 is 0 Å². The van der Waals surface area contributed by atoms with Gasteiger partial charge in [-0.2, -0.15) is 0 Å². The number of nitrogens with one attached hydrogen (secondary N) is 2. The molecular weight excluding hydrogens is 398 g/mol. The highest BCUT2D eigenvalue weighted by Crippen LogP contribution is 2.38. The SMILES string of the molecule is CCc1ccccc1NC(=O)[C@@H]1Sc2nnc(CC)n2N[C@@H]1c1ccc(OC)cc1. The van der Waals surface area contributed by atoms with Crippen molar-refractivity contribution in [3.8, 4) is 5.75 Å². The lowest BCUT2D eigenvalue weighted by Gasteiger charge is -2.33. The zero-order chi connectivity index (χ0) is 21.1. The van der Waals surface area contributed by atoms with Crippen LogP contribution in [0.4, 0.5) is 5.69 Å². The maximum atomic E-state index is 13.4. The molecule has 0 spiro atoms. The van der Waals surface area contributed by atoms with Crippen LogP contribution in [0, 0.1) is 0 Å². The Morgan fingerprint density at radius 2 is 1.90 bits per heavy atom. The third-order valence-electron chi connectivity index (χ3n) is 5.21. The summed E-state index contributed by atoms with van der Waals surface area (Å²) in [6, 6.07) is 15.4. The second-order valence-electron chi connectivity index (χ2n) is 7.01. The third kappa shape index (κ3) is 3.87. The maximum absolute atomic E-state index is 13.4. The van der Waals surface area contributed by atoms with Crippen molar-refractivity contribution < 1.29 is 9.53 Å². The number of nitrogens with zero attached hydrogens (tertiary/aromatic N) is 3. The van der Waals surface area contributed by atoms with Gasteiger partial charge in [-0.05, 0) is 35.7 Å². The molecule has 1 amide bonds. The van der Waals surface area contributed by atoms with Crippen LogP contribution in [0.15, 0.2) is 53.7 Å². The number of carbonyl (C=O) groups excluding carboxylic acids is 1. The van der Waals surface area contributed by atoms with Crippen LogP contribution in [0.3, 0.4) is 0 Å². The Bertz CT molecular complexity index is 1030. The average molecular weight is 424 g/mol. The zero-order valence-electron chi connectivity index (χ0n) is 17.3. The van der Waals surface area contributed by atoms with Crippen LogP contribution in [0.1, 0.15) is 36.8 Å². The minimum Gasteiger partial charge on any atom is -0.497 e. The lowest BCUT2D eigenvalue weighted by atomic mass is 10.0. The van der Waals surface area contributed by atoms with Gasteiger partial charge in [0.05, 0.1) is 13.2 Å². The second kappa shape index (κ2) is 8.79. The van der Waals surface area contributed by atoms with Crippen LogP contribution in [-0.2, 0) is 17.6 Å². The number of hydrogen-bond donors (Lipinski definition) is 2. The van der Waals surface area contributed by atoms with Crippen molar-refractivity contribution in [1.29, 1.82) is 0 Å². The third-order valence-corrected chi connectivity index (χ3v) is 6.42. The molecule has 0 unspecified atom stereocenters. The van der Waals surface area contributed by atoms with Crippen molar-refractivity contribution >= 4 is 23.4 Å². The first-order chi connectivity index (χ1) is 14.6. The highest BCUT2D eigenvalue weighted by Gasteiger charge is 2.37. The van der Waals surface area contributed by atoms with E-state index in [2.05, 4.69) is 27.9 Å². The molecule has 156 valence electrons. The Hall–Kier alpha value is -3.00. The summed E-state index contributed by atoms with van der Waals surface area (Å²) in [5.41, 5.74) is 6.41. The Kier molecular flexibility index (Phi) is 5.94. The van der Waals surface area contributed by atoms with E-state index in [1.165, 1.54) is 11.8 Å². The molecule has 8 heteroatoms. The summed E-state index contributed by atoms with van der Waals surface area (Å²) in [4.78, 5) is 13.4. The Morgan fingerprint density at radius 1 is 1.13 bits per heavy atom. The molecule has 2 atom stereocenters. The zero-order valence-corrected chi connectivity index (χ0v) is 18.1. The van der Waals surface area contributed by atoms with Gasteiger partial charge in [-0.3, -0.25) is 4.79 Å². The van der Waals surface area contributed by atoms with Gasteiger partial charge in [-0.15, -0.1) is 10.2 Å². The van der Waals surface area contributed by atoms with Gasteiger partial charge in [0, 0.05) is 12.1 Å². The number of anilines is 1. The van der Waals surface area contributed by atoms with Gasteiger partial charge in [0.2, 0.25) is 11.1 Å². The standard InChI is InChI=1S/C22H25N5O2S/c1-4-14-8-6-7-9-17(14)23-21(28)20-19(15-10-12-16(29-3)13-11-15)26-27-18(5-2)24-25-22(27)30-20/h6-13,19-20,26H,4-5H2,1-3H3,(H,23,28)/t19-,20-/m1/s1. The van der Waals surface area contributed by atoms with Crippen molar-refractivity contribution in [2.45, 2.75) is 43.1 Å². The number of para-hydroxylation sites is 1. The summed E-state index contributed by atoms with van der Waals surface area (Å²) in [6.07, 6.45) is 1.60. The first-order valence-electron chi connectivity index (χ1n) is 10.0. The fourth-order valence-corrected chi connectivity index (χ4v) is 4.64. The Morgan fingerprint density at radius 3 is 2.60 bits per heavy atom. The molecule has 3 aromatic rings. The van der Waals surface area contributed by atoms with Gasteiger partial charge < -0.3 is 15.5 Å². The predicted molar refractivity (Wildman–Crippen MR) is 119 cm³/mol. The second-order valence-corrected chi connectivity index (χ2v) is 8.11. The largest absolute Gasteiger partial charge is 0.497 e. The van der Waals surface area contributed by atoms with E-state index in [0.717, 1.165) is 41.2 Å². The molecule has 2 N–H and O–H groups in total. The van der Waals surface area contributed by atoms with E-state index < -0.39 is 5.25 Å². The van der Waals surface area contributed by atoms with Crippen LogP contribution in [0.5, 0.6) is 5.75 Å². The van der Waals surface area contributed by atoms with E-state index in [0.29, 0.717) is 5.16 Å². The average Bonchev–Trinajstić information content (AvgIpc) is 3.20. The first kappa shape index (κ1) is 20.3. The predicted octanol–water partition coefficient (Wildman–Crippen LogP) is 3.81. The Labute approximate surface area is 180 Å². The molecule has 0 aliphatic carbocycles. The molecule has 0 fully saturated rings. The molecule has 7 nitrogen and oxygen atoms in total. The Balaban J connectivity index is 1.67. The number of ether oxygens (including phenoxy) is 1. The highest BCUT2D eigenvalue weighted by atomic mass is 32.2. The van der Waals surface area contributed by atoms with Crippen LogP contribution in [-0.4, -0.2) is 33.1 Å². The summed E-state index contributed by atoms with van der Waals surface area (Å²) in [6.45, 7) is 4.11. The summed E-state index contributed by atoms with van der Waals surface area (Å²) in [5.74, 6) is 1.55.